The molecule has 1 aromatic rings. The molecule has 0 amide bonds. The standard InChI is InChI=1S/C13H18N2O2/c16-13(17)9-11-2-1-3-12(8-11)10-15-6-4-14-5-7-15/h1-3,8,14H,4-7,9-10H2,(H,16,17). The maximum atomic E-state index is 10.7. The summed E-state index contributed by atoms with van der Waals surface area (Å²) >= 11 is 0. The van der Waals surface area contributed by atoms with Crippen molar-refractivity contribution in [1.82, 2.24) is 10.2 Å². The molecule has 17 heavy (non-hydrogen) atoms. The SMILES string of the molecule is O=C(O)Cc1cccc(CN2CCNCC2)c1. The molecule has 0 radical (unpaired) electrons. The molecule has 0 atom stereocenters. The smallest absolute Gasteiger partial charge is 0.307 e. The lowest BCUT2D eigenvalue weighted by atomic mass is 10.1. The topological polar surface area (TPSA) is 52.6 Å². The van der Waals surface area contributed by atoms with Gasteiger partial charge < -0.3 is 10.4 Å². The first kappa shape index (κ1) is 12.1. The minimum absolute atomic E-state index is 0.107. The summed E-state index contributed by atoms with van der Waals surface area (Å²) in [5, 5.41) is 12.1. The molecule has 92 valence electrons. The Morgan fingerprint density at radius 3 is 2.71 bits per heavy atom. The Morgan fingerprint density at radius 2 is 2.00 bits per heavy atom. The van der Waals surface area contributed by atoms with Crippen LogP contribution in [0, 0.1) is 0 Å². The molecule has 2 N–H and O–H groups in total. The molecular weight excluding hydrogens is 216 g/mol. The highest BCUT2D eigenvalue weighted by molar-refractivity contribution is 5.70. The van der Waals surface area contributed by atoms with Gasteiger partial charge in [0, 0.05) is 32.7 Å². The van der Waals surface area contributed by atoms with Crippen LogP contribution in [0.3, 0.4) is 0 Å². The second-order valence-corrected chi connectivity index (χ2v) is 4.42. The van der Waals surface area contributed by atoms with Crippen molar-refractivity contribution in [1.29, 1.82) is 0 Å². The van der Waals surface area contributed by atoms with Crippen LogP contribution in [0.2, 0.25) is 0 Å². The predicted octanol–water partition coefficient (Wildman–Crippen LogP) is 0.719. The van der Waals surface area contributed by atoms with Crippen LogP contribution in [0.15, 0.2) is 24.3 Å². The minimum Gasteiger partial charge on any atom is -0.481 e. The van der Waals surface area contributed by atoms with Gasteiger partial charge in [0.25, 0.3) is 0 Å². The van der Waals surface area contributed by atoms with E-state index in [2.05, 4.69) is 16.3 Å². The van der Waals surface area contributed by atoms with E-state index >= 15 is 0 Å². The number of benzene rings is 1. The Morgan fingerprint density at radius 1 is 1.29 bits per heavy atom. The molecule has 1 fully saturated rings. The molecule has 1 heterocycles. The maximum absolute atomic E-state index is 10.7. The van der Waals surface area contributed by atoms with Gasteiger partial charge in [-0.25, -0.2) is 0 Å². The van der Waals surface area contributed by atoms with Crippen LogP contribution in [0.5, 0.6) is 0 Å². The summed E-state index contributed by atoms with van der Waals surface area (Å²) in [4.78, 5) is 13.0. The average molecular weight is 234 g/mol. The number of hydrogen-bond acceptors (Lipinski definition) is 3. The monoisotopic (exact) mass is 234 g/mol. The molecule has 4 nitrogen and oxygen atoms in total. The summed E-state index contributed by atoms with van der Waals surface area (Å²) in [5.41, 5.74) is 2.08. The molecule has 1 aromatic carbocycles. The Labute approximate surface area is 101 Å². The molecule has 2 rings (SSSR count). The highest BCUT2D eigenvalue weighted by atomic mass is 16.4. The molecule has 0 bridgehead atoms. The number of nitrogens with one attached hydrogen (secondary N) is 1. The van der Waals surface area contributed by atoms with Gasteiger partial charge in [-0.05, 0) is 11.1 Å². The van der Waals surface area contributed by atoms with Crippen LogP contribution in [0.1, 0.15) is 11.1 Å². The molecule has 1 aliphatic heterocycles. The maximum Gasteiger partial charge on any atom is 0.307 e. The normalized spacial score (nSPS) is 16.9. The Kier molecular flexibility index (Phi) is 4.12. The van der Waals surface area contributed by atoms with Gasteiger partial charge in [-0.3, -0.25) is 9.69 Å². The van der Waals surface area contributed by atoms with E-state index in [0.29, 0.717) is 0 Å². The first-order chi connectivity index (χ1) is 8.24. The average Bonchev–Trinajstić information content (AvgIpc) is 2.30. The summed E-state index contributed by atoms with van der Waals surface area (Å²) < 4.78 is 0. The molecule has 4 heteroatoms. The second kappa shape index (κ2) is 5.80. The van der Waals surface area contributed by atoms with Crippen molar-refractivity contribution in [2.24, 2.45) is 0 Å². The van der Waals surface area contributed by atoms with Crippen molar-refractivity contribution in [3.63, 3.8) is 0 Å². The third-order valence-corrected chi connectivity index (χ3v) is 2.96. The summed E-state index contributed by atoms with van der Waals surface area (Å²) in [6.07, 6.45) is 0.107. The third kappa shape index (κ3) is 3.84. The fourth-order valence-corrected chi connectivity index (χ4v) is 2.14. The van der Waals surface area contributed by atoms with Gasteiger partial charge >= 0.3 is 5.97 Å². The van der Waals surface area contributed by atoms with Crippen LogP contribution in [-0.2, 0) is 17.8 Å². The first-order valence-corrected chi connectivity index (χ1v) is 5.97. The second-order valence-electron chi connectivity index (χ2n) is 4.42. The van der Waals surface area contributed by atoms with E-state index in [9.17, 15) is 4.79 Å². The number of carboxylic acids is 1. The lowest BCUT2D eigenvalue weighted by molar-refractivity contribution is -0.136. The zero-order valence-corrected chi connectivity index (χ0v) is 9.85. The first-order valence-electron chi connectivity index (χ1n) is 5.97. The highest BCUT2D eigenvalue weighted by Crippen LogP contribution is 2.09. The van der Waals surface area contributed by atoms with Crippen molar-refractivity contribution in [2.45, 2.75) is 13.0 Å². The Hall–Kier alpha value is -1.39. The largest absolute Gasteiger partial charge is 0.481 e. The summed E-state index contributed by atoms with van der Waals surface area (Å²) in [6, 6.07) is 7.87. The van der Waals surface area contributed by atoms with Crippen molar-refractivity contribution >= 4 is 5.97 Å². The Bertz CT molecular complexity index is 387. The molecule has 0 aromatic heterocycles. The van der Waals surface area contributed by atoms with Crippen molar-refractivity contribution < 1.29 is 9.90 Å². The number of nitrogens with zero attached hydrogens (tertiary/aromatic N) is 1. The molecular formula is C13H18N2O2. The lowest BCUT2D eigenvalue weighted by Crippen LogP contribution is -2.42. The highest BCUT2D eigenvalue weighted by Gasteiger charge is 2.10. The molecule has 0 spiro atoms. The summed E-state index contributed by atoms with van der Waals surface area (Å²) in [6.45, 7) is 5.10. The quantitative estimate of drug-likeness (QED) is 0.806. The van der Waals surface area contributed by atoms with E-state index in [1.54, 1.807) is 0 Å². The number of rotatable bonds is 4. The van der Waals surface area contributed by atoms with Crippen molar-refractivity contribution in [3.8, 4) is 0 Å². The zero-order valence-electron chi connectivity index (χ0n) is 9.85. The molecule has 1 aliphatic rings. The van der Waals surface area contributed by atoms with Crippen molar-refractivity contribution in [3.05, 3.63) is 35.4 Å². The predicted molar refractivity (Wildman–Crippen MR) is 65.9 cm³/mol. The van der Waals surface area contributed by atoms with Gasteiger partial charge in [0.15, 0.2) is 0 Å². The van der Waals surface area contributed by atoms with Gasteiger partial charge in [0.1, 0.15) is 0 Å². The van der Waals surface area contributed by atoms with E-state index in [1.807, 2.05) is 18.2 Å². The van der Waals surface area contributed by atoms with Crippen LogP contribution in [0.4, 0.5) is 0 Å². The number of piperazine rings is 1. The fraction of sp³-hybridized carbons (Fsp3) is 0.462. The summed E-state index contributed by atoms with van der Waals surface area (Å²) in [5.74, 6) is -0.774. The van der Waals surface area contributed by atoms with E-state index in [-0.39, 0.29) is 6.42 Å². The van der Waals surface area contributed by atoms with E-state index in [0.717, 1.165) is 38.3 Å². The number of aliphatic carboxylic acids is 1. The third-order valence-electron chi connectivity index (χ3n) is 2.96. The lowest BCUT2D eigenvalue weighted by Gasteiger charge is -2.27. The van der Waals surface area contributed by atoms with Gasteiger partial charge in [-0.15, -0.1) is 0 Å². The fourth-order valence-electron chi connectivity index (χ4n) is 2.14. The zero-order chi connectivity index (χ0) is 12.1. The van der Waals surface area contributed by atoms with E-state index in [1.165, 1.54) is 5.56 Å². The van der Waals surface area contributed by atoms with Crippen LogP contribution >= 0.6 is 0 Å². The van der Waals surface area contributed by atoms with Gasteiger partial charge in [0.05, 0.1) is 6.42 Å². The Balaban J connectivity index is 1.97. The molecule has 1 saturated heterocycles. The molecule has 0 unspecified atom stereocenters. The van der Waals surface area contributed by atoms with Gasteiger partial charge in [0.2, 0.25) is 0 Å². The number of hydrogen-bond donors (Lipinski definition) is 2. The van der Waals surface area contributed by atoms with E-state index in [4.69, 9.17) is 5.11 Å². The van der Waals surface area contributed by atoms with Gasteiger partial charge in [-0.2, -0.15) is 0 Å². The van der Waals surface area contributed by atoms with Gasteiger partial charge in [-0.1, -0.05) is 24.3 Å². The van der Waals surface area contributed by atoms with Crippen LogP contribution < -0.4 is 5.32 Å². The molecule has 0 aliphatic carbocycles. The number of carboxylic acid groups (broad SMARTS) is 1. The van der Waals surface area contributed by atoms with Crippen molar-refractivity contribution in [2.75, 3.05) is 26.2 Å². The van der Waals surface area contributed by atoms with E-state index < -0.39 is 5.97 Å². The summed E-state index contributed by atoms with van der Waals surface area (Å²) in [7, 11) is 0. The molecule has 0 saturated carbocycles. The van der Waals surface area contributed by atoms with Crippen LogP contribution in [0.25, 0.3) is 0 Å². The minimum atomic E-state index is -0.774. The van der Waals surface area contributed by atoms with Crippen LogP contribution in [-0.4, -0.2) is 42.2 Å². The number of carbonyl (C=O) groups is 1.